The Kier molecular flexibility index (Phi) is 5.65. The highest BCUT2D eigenvalue weighted by Crippen LogP contribution is 2.82. The summed E-state index contributed by atoms with van der Waals surface area (Å²) in [5, 5.41) is 53.1. The molecule has 5 N–H and O–H groups in total. The van der Waals surface area contributed by atoms with Gasteiger partial charge in [0.25, 0.3) is 0 Å². The highest BCUT2D eigenvalue weighted by atomic mass is 16.7. The first-order chi connectivity index (χ1) is 16.3. The number of fused-ring (bicyclic) bond motifs is 2. The lowest BCUT2D eigenvalue weighted by atomic mass is 9.42. The highest BCUT2D eigenvalue weighted by Gasteiger charge is 2.85. The lowest BCUT2D eigenvalue weighted by molar-refractivity contribution is -0.304. The van der Waals surface area contributed by atoms with Crippen LogP contribution in [0.3, 0.4) is 0 Å². The van der Waals surface area contributed by atoms with Crippen LogP contribution in [0.2, 0.25) is 0 Å². The molecule has 0 spiro atoms. The van der Waals surface area contributed by atoms with Gasteiger partial charge in [-0.05, 0) is 63.2 Å². The first-order valence-corrected chi connectivity index (χ1v) is 12.8. The molecule has 4 fully saturated rings. The minimum atomic E-state index is -1.52. The summed E-state index contributed by atoms with van der Waals surface area (Å²) in [4.78, 5) is 26.5. The van der Waals surface area contributed by atoms with Crippen LogP contribution in [0.25, 0.3) is 0 Å². The molecule has 196 valence electrons. The zero-order chi connectivity index (χ0) is 25.7. The number of aliphatic hydroxyl groups is 4. The quantitative estimate of drug-likeness (QED) is 0.267. The molecule has 3 saturated carbocycles. The van der Waals surface area contributed by atoms with Gasteiger partial charge in [0, 0.05) is 5.41 Å². The number of carbonyl (C=O) groups excluding carboxylic acids is 1. The summed E-state index contributed by atoms with van der Waals surface area (Å²) in [6.45, 7) is 7.09. The minimum Gasteiger partial charge on any atom is -0.481 e. The fraction of sp³-hybridized carbons (Fsp3) is 0.846. The molecule has 0 aromatic heterocycles. The normalized spacial score (nSPS) is 54.6. The van der Waals surface area contributed by atoms with Gasteiger partial charge in [0.2, 0.25) is 0 Å². The van der Waals surface area contributed by atoms with Gasteiger partial charge in [-0.3, -0.25) is 4.79 Å². The van der Waals surface area contributed by atoms with Crippen LogP contribution in [-0.4, -0.2) is 80.7 Å². The van der Waals surface area contributed by atoms with Gasteiger partial charge in [0.15, 0.2) is 6.29 Å². The molecule has 4 bridgehead atoms. The first kappa shape index (κ1) is 25.3. The van der Waals surface area contributed by atoms with Gasteiger partial charge in [-0.15, -0.1) is 0 Å². The van der Waals surface area contributed by atoms with Gasteiger partial charge < -0.3 is 39.8 Å². The molecule has 12 unspecified atom stereocenters. The van der Waals surface area contributed by atoms with E-state index >= 15 is 0 Å². The summed E-state index contributed by atoms with van der Waals surface area (Å²) >= 11 is 0. The molecule has 1 heterocycles. The van der Waals surface area contributed by atoms with Crippen LogP contribution in [-0.2, 0) is 19.1 Å². The Hall–Kier alpha value is -1.36. The van der Waals surface area contributed by atoms with Crippen molar-refractivity contribution in [2.24, 2.45) is 39.9 Å². The number of hydrogen-bond donors (Lipinski definition) is 5. The molecule has 1 aliphatic heterocycles. The predicted molar refractivity (Wildman–Crippen MR) is 122 cm³/mol. The molecule has 0 aromatic carbocycles. The fourth-order valence-corrected chi connectivity index (χ4v) is 8.98. The third kappa shape index (κ3) is 2.85. The van der Waals surface area contributed by atoms with Gasteiger partial charge in [-0.2, -0.15) is 0 Å². The molecule has 9 nitrogen and oxygen atoms in total. The highest BCUT2D eigenvalue weighted by molar-refractivity contribution is 5.90. The summed E-state index contributed by atoms with van der Waals surface area (Å²) in [6.07, 6.45) is -1.62. The van der Waals surface area contributed by atoms with E-state index in [4.69, 9.17) is 9.47 Å². The Bertz CT molecular complexity index is 945. The van der Waals surface area contributed by atoms with Crippen LogP contribution in [0, 0.1) is 39.9 Å². The lowest BCUT2D eigenvalue weighted by Crippen LogP contribution is -2.65. The molecule has 1 saturated heterocycles. The van der Waals surface area contributed by atoms with Gasteiger partial charge >= 0.3 is 5.97 Å². The third-order valence-electron chi connectivity index (χ3n) is 10.5. The minimum absolute atomic E-state index is 0.109. The van der Waals surface area contributed by atoms with Crippen LogP contribution >= 0.6 is 0 Å². The molecule has 35 heavy (non-hydrogen) atoms. The average molecular weight is 495 g/mol. The number of carbonyl (C=O) groups is 2. The summed E-state index contributed by atoms with van der Waals surface area (Å²) in [5.41, 5.74) is -3.98. The van der Waals surface area contributed by atoms with Gasteiger partial charge in [-0.25, -0.2) is 0 Å². The average Bonchev–Trinajstić information content (AvgIpc) is 3.32. The maximum atomic E-state index is 13.4. The van der Waals surface area contributed by atoms with Gasteiger partial charge in [-0.1, -0.05) is 25.5 Å². The Morgan fingerprint density at radius 3 is 2.49 bits per heavy atom. The maximum Gasteiger partial charge on any atom is 0.315 e. The number of aldehydes is 1. The first-order valence-electron chi connectivity index (χ1n) is 12.8. The zero-order valence-electron chi connectivity index (χ0n) is 20.8. The molecule has 0 aromatic rings. The molecule has 0 amide bonds. The SMILES string of the molecule is CC(C)C1=CC2CC3(C=O)C4CCC(C)(O)C4CC2(COC2OC(C)C(O)C(O)C2O)C13C(=O)O. The van der Waals surface area contributed by atoms with Crippen molar-refractivity contribution in [3.05, 3.63) is 11.6 Å². The van der Waals surface area contributed by atoms with Crippen LogP contribution in [0.15, 0.2) is 11.6 Å². The number of hydrogen-bond acceptors (Lipinski definition) is 8. The van der Waals surface area contributed by atoms with E-state index in [1.807, 2.05) is 19.9 Å². The van der Waals surface area contributed by atoms with Crippen molar-refractivity contribution < 1.29 is 44.6 Å². The number of allylic oxidation sites excluding steroid dienone is 1. The Morgan fingerprint density at radius 1 is 1.20 bits per heavy atom. The Morgan fingerprint density at radius 2 is 1.89 bits per heavy atom. The monoisotopic (exact) mass is 494 g/mol. The van der Waals surface area contributed by atoms with E-state index in [2.05, 4.69) is 0 Å². The van der Waals surface area contributed by atoms with Crippen molar-refractivity contribution in [3.8, 4) is 0 Å². The van der Waals surface area contributed by atoms with E-state index in [9.17, 15) is 35.1 Å². The summed E-state index contributed by atoms with van der Waals surface area (Å²) in [7, 11) is 0. The number of ether oxygens (including phenoxy) is 2. The smallest absolute Gasteiger partial charge is 0.315 e. The topological polar surface area (TPSA) is 154 Å². The number of aliphatic hydroxyl groups excluding tert-OH is 3. The van der Waals surface area contributed by atoms with Gasteiger partial charge in [0.05, 0.1) is 23.7 Å². The zero-order valence-corrected chi connectivity index (χ0v) is 20.8. The second kappa shape index (κ2) is 7.82. The summed E-state index contributed by atoms with van der Waals surface area (Å²) < 4.78 is 11.7. The van der Waals surface area contributed by atoms with Crippen LogP contribution < -0.4 is 0 Å². The van der Waals surface area contributed by atoms with Crippen molar-refractivity contribution in [2.45, 2.75) is 89.7 Å². The molecular weight excluding hydrogens is 456 g/mol. The van der Waals surface area contributed by atoms with E-state index in [-0.39, 0.29) is 30.3 Å². The summed E-state index contributed by atoms with van der Waals surface area (Å²) in [6, 6.07) is 0. The van der Waals surface area contributed by atoms with Crippen molar-refractivity contribution in [2.75, 3.05) is 6.61 Å². The number of carboxylic acid groups (broad SMARTS) is 1. The van der Waals surface area contributed by atoms with E-state index in [0.717, 1.165) is 11.9 Å². The fourth-order valence-electron chi connectivity index (χ4n) is 8.98. The summed E-state index contributed by atoms with van der Waals surface area (Å²) in [5.74, 6) is -1.93. The molecule has 5 rings (SSSR count). The Balaban J connectivity index is 1.61. The van der Waals surface area contributed by atoms with E-state index in [1.54, 1.807) is 13.8 Å². The predicted octanol–water partition coefficient (Wildman–Crippen LogP) is 0.870. The van der Waals surface area contributed by atoms with E-state index in [1.165, 1.54) is 0 Å². The molecule has 5 aliphatic rings. The van der Waals surface area contributed by atoms with Crippen LogP contribution in [0.4, 0.5) is 0 Å². The van der Waals surface area contributed by atoms with Crippen molar-refractivity contribution >= 4 is 12.3 Å². The number of carboxylic acids is 1. The second-order valence-corrected chi connectivity index (χ2v) is 12.3. The molecular formula is C26H38O9. The molecule has 12 atom stereocenters. The van der Waals surface area contributed by atoms with E-state index in [0.29, 0.717) is 25.7 Å². The molecule has 4 aliphatic carbocycles. The van der Waals surface area contributed by atoms with Gasteiger partial charge in [0.1, 0.15) is 30.0 Å². The number of rotatable bonds is 6. The second-order valence-electron chi connectivity index (χ2n) is 12.3. The van der Waals surface area contributed by atoms with E-state index < -0.39 is 58.5 Å². The van der Waals surface area contributed by atoms with Crippen LogP contribution in [0.5, 0.6) is 0 Å². The van der Waals surface area contributed by atoms with Crippen molar-refractivity contribution in [1.29, 1.82) is 0 Å². The van der Waals surface area contributed by atoms with Crippen LogP contribution in [0.1, 0.15) is 53.4 Å². The van der Waals surface area contributed by atoms with Crippen molar-refractivity contribution in [1.82, 2.24) is 0 Å². The lowest BCUT2D eigenvalue weighted by Gasteiger charge is -2.59. The largest absolute Gasteiger partial charge is 0.481 e. The number of aliphatic carboxylic acids is 1. The molecule has 0 radical (unpaired) electrons. The Labute approximate surface area is 205 Å². The van der Waals surface area contributed by atoms with Crippen molar-refractivity contribution in [3.63, 3.8) is 0 Å². The maximum absolute atomic E-state index is 13.4. The third-order valence-corrected chi connectivity index (χ3v) is 10.5. The molecule has 9 heteroatoms. The standard InChI is InChI=1S/C26H38O9/c1-12(2)16-7-14-8-24(10-27)15-5-6-23(4,33)17(15)9-25(14,26(16,24)22(31)32)11-34-21-20(30)19(29)18(28)13(3)35-21/h7,10,12-15,17-21,28-30,33H,5-6,8-9,11H2,1-4H3,(H,31,32).